The number of nitro benzene ring substituents is 1. The van der Waals surface area contributed by atoms with E-state index in [1.807, 2.05) is 0 Å². The zero-order valence-electron chi connectivity index (χ0n) is 12.4. The molecule has 0 spiro atoms. The first-order valence-corrected chi connectivity index (χ1v) is 6.99. The van der Waals surface area contributed by atoms with Crippen molar-refractivity contribution in [1.82, 2.24) is 4.90 Å². The molecule has 1 aliphatic heterocycles. The molecule has 0 aromatic heterocycles. The van der Waals surface area contributed by atoms with Crippen molar-refractivity contribution >= 4 is 11.4 Å². The minimum atomic E-state index is -0.440. The number of rotatable bonds is 5. The van der Waals surface area contributed by atoms with Gasteiger partial charge in [0.15, 0.2) is 5.75 Å². The summed E-state index contributed by atoms with van der Waals surface area (Å²) < 4.78 is 5.11. The van der Waals surface area contributed by atoms with Crippen LogP contribution in [0.15, 0.2) is 18.2 Å². The van der Waals surface area contributed by atoms with Crippen LogP contribution in [0.4, 0.5) is 11.4 Å². The molecule has 21 heavy (non-hydrogen) atoms. The first kappa shape index (κ1) is 15.5. The second-order valence-electron chi connectivity index (χ2n) is 5.17. The molecule has 0 saturated carbocycles. The lowest BCUT2D eigenvalue weighted by molar-refractivity contribution is -0.385. The quantitative estimate of drug-likeness (QED) is 0.647. The van der Waals surface area contributed by atoms with Crippen LogP contribution in [0.3, 0.4) is 0 Å². The summed E-state index contributed by atoms with van der Waals surface area (Å²) in [5.74, 6) is 0.281. The number of anilines is 1. The van der Waals surface area contributed by atoms with Crippen molar-refractivity contribution in [3.63, 3.8) is 0 Å². The molecule has 7 nitrogen and oxygen atoms in total. The van der Waals surface area contributed by atoms with E-state index >= 15 is 0 Å². The topological polar surface area (TPSA) is 79.1 Å². The summed E-state index contributed by atoms with van der Waals surface area (Å²) in [5.41, 5.74) is 0.904. The van der Waals surface area contributed by atoms with Gasteiger partial charge < -0.3 is 14.7 Å². The Morgan fingerprint density at radius 3 is 2.81 bits per heavy atom. The van der Waals surface area contributed by atoms with Crippen LogP contribution >= 0.6 is 0 Å². The lowest BCUT2D eigenvalue weighted by Crippen LogP contribution is -2.52. The maximum Gasteiger partial charge on any atom is 0.311 e. The van der Waals surface area contributed by atoms with E-state index in [1.54, 1.807) is 12.1 Å². The number of aliphatic hydroxyl groups is 1. The normalized spacial score (nSPS) is 19.6. The summed E-state index contributed by atoms with van der Waals surface area (Å²) in [4.78, 5) is 14.9. The van der Waals surface area contributed by atoms with E-state index in [4.69, 9.17) is 9.84 Å². The van der Waals surface area contributed by atoms with Gasteiger partial charge in [0.25, 0.3) is 0 Å². The third-order valence-electron chi connectivity index (χ3n) is 3.88. The summed E-state index contributed by atoms with van der Waals surface area (Å²) >= 11 is 0. The number of hydrogen-bond donors (Lipinski definition) is 1. The minimum Gasteiger partial charge on any atom is -0.490 e. The molecule has 1 heterocycles. The molecule has 2 rings (SSSR count). The van der Waals surface area contributed by atoms with Crippen molar-refractivity contribution in [2.75, 3.05) is 44.8 Å². The third-order valence-corrected chi connectivity index (χ3v) is 3.88. The van der Waals surface area contributed by atoms with E-state index in [2.05, 4.69) is 16.7 Å². The van der Waals surface area contributed by atoms with Crippen LogP contribution in [0.5, 0.6) is 5.75 Å². The summed E-state index contributed by atoms with van der Waals surface area (Å²) in [7, 11) is 1.44. The van der Waals surface area contributed by atoms with E-state index in [0.717, 1.165) is 25.3 Å². The van der Waals surface area contributed by atoms with Crippen molar-refractivity contribution in [1.29, 1.82) is 0 Å². The molecule has 1 atom stereocenters. The summed E-state index contributed by atoms with van der Waals surface area (Å²) in [6.07, 6.45) is 0. The maximum atomic E-state index is 10.9. The van der Waals surface area contributed by atoms with Crippen LogP contribution in [0.2, 0.25) is 0 Å². The number of piperazine rings is 1. The fourth-order valence-corrected chi connectivity index (χ4v) is 2.70. The number of β-amino-alcohol motifs (C(OH)–C–C–N with tert-alkyl or cyclic N) is 1. The number of hydrogen-bond acceptors (Lipinski definition) is 6. The summed E-state index contributed by atoms with van der Waals surface area (Å²) in [6, 6.07) is 5.28. The summed E-state index contributed by atoms with van der Waals surface area (Å²) in [6.45, 7) is 5.46. The monoisotopic (exact) mass is 295 g/mol. The van der Waals surface area contributed by atoms with Gasteiger partial charge in [-0.3, -0.25) is 15.0 Å². The zero-order chi connectivity index (χ0) is 15.4. The largest absolute Gasteiger partial charge is 0.490 e. The number of nitrogens with zero attached hydrogens (tertiary/aromatic N) is 3. The predicted molar refractivity (Wildman–Crippen MR) is 80.0 cm³/mol. The van der Waals surface area contributed by atoms with Crippen LogP contribution in [0.25, 0.3) is 0 Å². The molecule has 1 fully saturated rings. The molecule has 1 N–H and O–H groups in total. The highest BCUT2D eigenvalue weighted by atomic mass is 16.6. The zero-order valence-corrected chi connectivity index (χ0v) is 12.4. The molecule has 116 valence electrons. The Labute approximate surface area is 123 Å². The second kappa shape index (κ2) is 6.73. The highest BCUT2D eigenvalue weighted by molar-refractivity contribution is 5.59. The SMILES string of the molecule is COc1cc(N2CCN(CCO)C(C)C2)ccc1[N+](=O)[O-]. The lowest BCUT2D eigenvalue weighted by atomic mass is 10.1. The van der Waals surface area contributed by atoms with Gasteiger partial charge in [0.2, 0.25) is 0 Å². The van der Waals surface area contributed by atoms with E-state index in [9.17, 15) is 10.1 Å². The molecule has 0 bridgehead atoms. The number of nitro groups is 1. The van der Waals surface area contributed by atoms with Crippen molar-refractivity contribution in [3.8, 4) is 5.75 Å². The van der Waals surface area contributed by atoms with Crippen LogP contribution in [0, 0.1) is 10.1 Å². The Balaban J connectivity index is 2.14. The molecule has 0 aliphatic carbocycles. The first-order valence-electron chi connectivity index (χ1n) is 6.99. The van der Waals surface area contributed by atoms with Crippen molar-refractivity contribution < 1.29 is 14.8 Å². The molecule has 1 unspecified atom stereocenters. The van der Waals surface area contributed by atoms with E-state index in [1.165, 1.54) is 13.2 Å². The highest BCUT2D eigenvalue weighted by Crippen LogP contribution is 2.32. The van der Waals surface area contributed by atoms with Crippen molar-refractivity contribution in [3.05, 3.63) is 28.3 Å². The van der Waals surface area contributed by atoms with Gasteiger partial charge in [-0.1, -0.05) is 0 Å². The van der Waals surface area contributed by atoms with Gasteiger partial charge in [0.1, 0.15) is 0 Å². The van der Waals surface area contributed by atoms with E-state index in [-0.39, 0.29) is 18.0 Å². The van der Waals surface area contributed by atoms with E-state index in [0.29, 0.717) is 12.6 Å². The average Bonchev–Trinajstić information content (AvgIpc) is 2.48. The fourth-order valence-electron chi connectivity index (χ4n) is 2.70. The molecule has 1 aliphatic rings. The standard InChI is InChI=1S/C14H21N3O4/c1-11-10-16(6-5-15(11)7-8-18)12-3-4-13(17(19)20)14(9-12)21-2/h3-4,9,11,18H,5-8,10H2,1-2H3. The second-order valence-corrected chi connectivity index (χ2v) is 5.17. The number of benzene rings is 1. The Kier molecular flexibility index (Phi) is 4.98. The molecular weight excluding hydrogens is 274 g/mol. The van der Waals surface area contributed by atoms with Gasteiger partial charge >= 0.3 is 5.69 Å². The average molecular weight is 295 g/mol. The number of ether oxygens (including phenoxy) is 1. The highest BCUT2D eigenvalue weighted by Gasteiger charge is 2.25. The molecule has 0 radical (unpaired) electrons. The third kappa shape index (κ3) is 3.43. The van der Waals surface area contributed by atoms with Crippen LogP contribution < -0.4 is 9.64 Å². The fraction of sp³-hybridized carbons (Fsp3) is 0.571. The Morgan fingerprint density at radius 2 is 2.24 bits per heavy atom. The number of aliphatic hydroxyl groups excluding tert-OH is 1. The van der Waals surface area contributed by atoms with Crippen molar-refractivity contribution in [2.24, 2.45) is 0 Å². The lowest BCUT2D eigenvalue weighted by Gasteiger charge is -2.40. The molecular formula is C14H21N3O4. The van der Waals surface area contributed by atoms with Crippen molar-refractivity contribution in [2.45, 2.75) is 13.0 Å². The molecule has 1 aromatic rings. The van der Waals surface area contributed by atoms with Gasteiger partial charge in [-0.25, -0.2) is 0 Å². The molecule has 0 amide bonds. The van der Waals surface area contributed by atoms with Gasteiger partial charge in [0.05, 0.1) is 18.6 Å². The maximum absolute atomic E-state index is 10.9. The smallest absolute Gasteiger partial charge is 0.311 e. The minimum absolute atomic E-state index is 0.0202. The van der Waals surface area contributed by atoms with Gasteiger partial charge in [-0.15, -0.1) is 0 Å². The summed E-state index contributed by atoms with van der Waals surface area (Å²) in [5, 5.41) is 20.0. The van der Waals surface area contributed by atoms with Gasteiger partial charge in [0, 0.05) is 50.0 Å². The molecule has 1 aromatic carbocycles. The Morgan fingerprint density at radius 1 is 1.48 bits per heavy atom. The van der Waals surface area contributed by atoms with Crippen LogP contribution in [0.1, 0.15) is 6.92 Å². The Bertz CT molecular complexity index is 509. The van der Waals surface area contributed by atoms with Crippen LogP contribution in [-0.2, 0) is 0 Å². The van der Waals surface area contributed by atoms with Gasteiger partial charge in [-0.2, -0.15) is 0 Å². The predicted octanol–water partition coefficient (Wildman–Crippen LogP) is 1.11. The first-order chi connectivity index (χ1) is 10.1. The van der Waals surface area contributed by atoms with E-state index < -0.39 is 4.92 Å². The molecule has 1 saturated heterocycles. The van der Waals surface area contributed by atoms with Gasteiger partial charge in [-0.05, 0) is 13.0 Å². The molecule has 7 heteroatoms. The Hall–Kier alpha value is -1.86. The van der Waals surface area contributed by atoms with Crippen LogP contribution in [-0.4, -0.2) is 60.9 Å². The number of methoxy groups -OCH3 is 1.